The summed E-state index contributed by atoms with van der Waals surface area (Å²) < 4.78 is 5.00. The van der Waals surface area contributed by atoms with Crippen LogP contribution < -0.4 is 10.6 Å². The molecular formula is C14H16N4O2S. The molecule has 0 unspecified atom stereocenters. The molecule has 1 aromatic carbocycles. The van der Waals surface area contributed by atoms with Gasteiger partial charge in [0.2, 0.25) is 0 Å². The van der Waals surface area contributed by atoms with Gasteiger partial charge in [-0.05, 0) is 38.2 Å². The van der Waals surface area contributed by atoms with Crippen molar-refractivity contribution in [2.45, 2.75) is 13.8 Å². The molecule has 0 aliphatic carbocycles. The van der Waals surface area contributed by atoms with Gasteiger partial charge in [0.15, 0.2) is 10.9 Å². The number of aromatic nitrogens is 2. The lowest BCUT2D eigenvalue weighted by atomic mass is 10.2. The summed E-state index contributed by atoms with van der Waals surface area (Å²) in [5.74, 6) is -0.0897. The molecule has 0 saturated carbocycles. The number of hydrogen-bond donors (Lipinski definition) is 3. The minimum absolute atomic E-state index is 0.301. The van der Waals surface area contributed by atoms with Gasteiger partial charge < -0.3 is 15.4 Å². The van der Waals surface area contributed by atoms with E-state index in [1.54, 1.807) is 13.8 Å². The van der Waals surface area contributed by atoms with E-state index in [1.807, 2.05) is 30.3 Å². The number of aryl methyl sites for hydroxylation is 1. The minimum atomic E-state index is -0.436. The third-order valence-corrected chi connectivity index (χ3v) is 2.89. The summed E-state index contributed by atoms with van der Waals surface area (Å²) in [6.07, 6.45) is 0. The normalized spacial score (nSPS) is 10.0. The average Bonchev–Trinajstić information content (AvgIpc) is 2.81. The van der Waals surface area contributed by atoms with Gasteiger partial charge in [-0.3, -0.25) is 5.10 Å². The predicted octanol–water partition coefficient (Wildman–Crippen LogP) is 2.70. The zero-order valence-electron chi connectivity index (χ0n) is 11.8. The summed E-state index contributed by atoms with van der Waals surface area (Å²) in [5.41, 5.74) is 1.83. The molecule has 2 aromatic rings. The number of hydrogen-bond acceptors (Lipinski definition) is 4. The molecule has 2 rings (SSSR count). The monoisotopic (exact) mass is 304 g/mol. The van der Waals surface area contributed by atoms with Crippen LogP contribution >= 0.6 is 12.2 Å². The fraction of sp³-hybridized carbons (Fsp3) is 0.214. The fourth-order valence-corrected chi connectivity index (χ4v) is 1.98. The molecule has 0 aliphatic rings. The van der Waals surface area contributed by atoms with Gasteiger partial charge in [-0.25, -0.2) is 4.79 Å². The van der Waals surface area contributed by atoms with Crippen molar-refractivity contribution >= 4 is 34.8 Å². The molecular weight excluding hydrogens is 288 g/mol. The Labute approximate surface area is 127 Å². The Bertz CT molecular complexity index is 640. The number of para-hydroxylation sites is 1. The Hall–Kier alpha value is -2.41. The SMILES string of the molecule is CCOC(=O)c1c(NC(=S)Nc2ccccc2)n[nH]c1C. The molecule has 0 amide bonds. The number of carbonyl (C=O) groups excluding carboxylic acids is 1. The van der Waals surface area contributed by atoms with Crippen molar-refractivity contribution in [1.29, 1.82) is 0 Å². The quantitative estimate of drug-likeness (QED) is 0.595. The molecule has 1 heterocycles. The molecule has 6 nitrogen and oxygen atoms in total. The van der Waals surface area contributed by atoms with Gasteiger partial charge in [0.25, 0.3) is 0 Å². The van der Waals surface area contributed by atoms with Gasteiger partial charge in [0, 0.05) is 11.4 Å². The first-order valence-electron chi connectivity index (χ1n) is 6.47. The smallest absolute Gasteiger partial charge is 0.343 e. The second-order valence-corrected chi connectivity index (χ2v) is 4.65. The number of benzene rings is 1. The topological polar surface area (TPSA) is 79.0 Å². The zero-order chi connectivity index (χ0) is 15.2. The van der Waals surface area contributed by atoms with Gasteiger partial charge in [-0.2, -0.15) is 5.10 Å². The van der Waals surface area contributed by atoms with Crippen molar-refractivity contribution < 1.29 is 9.53 Å². The van der Waals surface area contributed by atoms with E-state index in [9.17, 15) is 4.79 Å². The van der Waals surface area contributed by atoms with Crippen LogP contribution in [0.3, 0.4) is 0 Å². The Morgan fingerprint density at radius 1 is 1.33 bits per heavy atom. The number of anilines is 2. The van der Waals surface area contributed by atoms with Crippen molar-refractivity contribution in [3.63, 3.8) is 0 Å². The van der Waals surface area contributed by atoms with Crippen molar-refractivity contribution in [3.05, 3.63) is 41.6 Å². The van der Waals surface area contributed by atoms with Gasteiger partial charge >= 0.3 is 5.97 Å². The summed E-state index contributed by atoms with van der Waals surface area (Å²) in [5, 5.41) is 13.0. The van der Waals surface area contributed by atoms with E-state index in [4.69, 9.17) is 17.0 Å². The van der Waals surface area contributed by atoms with Crippen LogP contribution in [0, 0.1) is 6.92 Å². The van der Waals surface area contributed by atoms with Gasteiger partial charge in [-0.15, -0.1) is 0 Å². The maximum atomic E-state index is 11.9. The van der Waals surface area contributed by atoms with Crippen LogP contribution in [0.4, 0.5) is 11.5 Å². The van der Waals surface area contributed by atoms with Crippen LogP contribution in [0.1, 0.15) is 23.0 Å². The summed E-state index contributed by atoms with van der Waals surface area (Å²) in [4.78, 5) is 11.9. The Balaban J connectivity index is 2.09. The number of H-pyrrole nitrogens is 1. The van der Waals surface area contributed by atoms with Crippen molar-refractivity contribution in [2.75, 3.05) is 17.2 Å². The average molecular weight is 304 g/mol. The number of carbonyl (C=O) groups is 1. The molecule has 110 valence electrons. The maximum absolute atomic E-state index is 11.9. The number of nitrogens with one attached hydrogen (secondary N) is 3. The molecule has 0 aliphatic heterocycles. The predicted molar refractivity (Wildman–Crippen MR) is 85.6 cm³/mol. The first kappa shape index (κ1) is 15.0. The zero-order valence-corrected chi connectivity index (χ0v) is 12.6. The summed E-state index contributed by atoms with van der Waals surface area (Å²) >= 11 is 5.21. The highest BCUT2D eigenvalue weighted by atomic mass is 32.1. The molecule has 0 saturated heterocycles. The number of aromatic amines is 1. The van der Waals surface area contributed by atoms with Crippen molar-refractivity contribution in [3.8, 4) is 0 Å². The van der Waals surface area contributed by atoms with Crippen molar-refractivity contribution in [1.82, 2.24) is 10.2 Å². The molecule has 21 heavy (non-hydrogen) atoms. The van der Waals surface area contributed by atoms with Gasteiger partial charge in [0.1, 0.15) is 5.56 Å². The first-order chi connectivity index (χ1) is 10.1. The molecule has 7 heteroatoms. The Kier molecular flexibility index (Phi) is 4.89. The van der Waals surface area contributed by atoms with E-state index in [0.29, 0.717) is 28.8 Å². The van der Waals surface area contributed by atoms with Crippen LogP contribution in [-0.4, -0.2) is 27.9 Å². The molecule has 0 bridgehead atoms. The molecule has 0 fully saturated rings. The number of rotatable bonds is 4. The van der Waals surface area contributed by atoms with E-state index in [2.05, 4.69) is 20.8 Å². The Morgan fingerprint density at radius 2 is 2.05 bits per heavy atom. The largest absolute Gasteiger partial charge is 0.462 e. The first-order valence-corrected chi connectivity index (χ1v) is 6.87. The van der Waals surface area contributed by atoms with Crippen LogP contribution in [0.2, 0.25) is 0 Å². The third-order valence-electron chi connectivity index (χ3n) is 2.69. The van der Waals surface area contributed by atoms with E-state index < -0.39 is 5.97 Å². The maximum Gasteiger partial charge on any atom is 0.343 e. The van der Waals surface area contributed by atoms with Crippen LogP contribution in [-0.2, 0) is 4.74 Å². The van der Waals surface area contributed by atoms with Crippen LogP contribution in [0.25, 0.3) is 0 Å². The molecule has 0 spiro atoms. The number of ether oxygens (including phenoxy) is 1. The van der Waals surface area contributed by atoms with E-state index in [1.165, 1.54) is 0 Å². The highest BCUT2D eigenvalue weighted by molar-refractivity contribution is 7.80. The lowest BCUT2D eigenvalue weighted by molar-refractivity contribution is 0.0527. The van der Waals surface area contributed by atoms with Crippen LogP contribution in [0.5, 0.6) is 0 Å². The lowest BCUT2D eigenvalue weighted by Gasteiger charge is -2.09. The van der Waals surface area contributed by atoms with E-state index in [-0.39, 0.29) is 0 Å². The van der Waals surface area contributed by atoms with Gasteiger partial charge in [-0.1, -0.05) is 18.2 Å². The number of thiocarbonyl (C=S) groups is 1. The lowest BCUT2D eigenvalue weighted by Crippen LogP contribution is -2.21. The molecule has 3 N–H and O–H groups in total. The van der Waals surface area contributed by atoms with Crippen molar-refractivity contribution in [2.24, 2.45) is 0 Å². The summed E-state index contributed by atoms with van der Waals surface area (Å²) in [7, 11) is 0. The van der Waals surface area contributed by atoms with Crippen LogP contribution in [0.15, 0.2) is 30.3 Å². The second kappa shape index (κ2) is 6.85. The second-order valence-electron chi connectivity index (χ2n) is 4.24. The molecule has 0 radical (unpaired) electrons. The molecule has 1 aromatic heterocycles. The number of esters is 1. The third kappa shape index (κ3) is 3.79. The minimum Gasteiger partial charge on any atom is -0.462 e. The van der Waals surface area contributed by atoms with E-state index in [0.717, 1.165) is 5.69 Å². The standard InChI is InChI=1S/C14H16N4O2S/c1-3-20-13(19)11-9(2)17-18-12(11)16-14(21)15-10-7-5-4-6-8-10/h4-8H,3H2,1-2H3,(H3,15,16,17,18,21). The number of nitrogens with zero attached hydrogens (tertiary/aromatic N) is 1. The summed E-state index contributed by atoms with van der Waals surface area (Å²) in [6, 6.07) is 9.48. The molecule has 0 atom stereocenters. The fourth-order valence-electron chi connectivity index (χ4n) is 1.76. The highest BCUT2D eigenvalue weighted by Crippen LogP contribution is 2.17. The Morgan fingerprint density at radius 3 is 2.71 bits per heavy atom. The summed E-state index contributed by atoms with van der Waals surface area (Å²) in [6.45, 7) is 3.80. The highest BCUT2D eigenvalue weighted by Gasteiger charge is 2.20. The van der Waals surface area contributed by atoms with Gasteiger partial charge in [0.05, 0.1) is 6.61 Å². The van der Waals surface area contributed by atoms with E-state index >= 15 is 0 Å².